The topological polar surface area (TPSA) is 55.7 Å². The molecule has 4 nitrogen and oxygen atoms in total. The first-order valence-electron chi connectivity index (χ1n) is 8.67. The molecule has 0 saturated heterocycles. The maximum absolute atomic E-state index is 11.6. The maximum atomic E-state index is 11.6. The molecule has 0 radical (unpaired) electrons. The highest BCUT2D eigenvalue weighted by Crippen LogP contribution is 2.30. The van der Waals surface area contributed by atoms with Gasteiger partial charge < -0.3 is 4.74 Å². The first-order chi connectivity index (χ1) is 11.4. The van der Waals surface area contributed by atoms with E-state index in [4.69, 9.17) is 4.74 Å². The van der Waals surface area contributed by atoms with Crippen LogP contribution in [0.1, 0.15) is 62.4 Å². The molecule has 0 aliphatic heterocycles. The molecule has 2 rings (SSSR count). The minimum atomic E-state index is -0.500. The first kappa shape index (κ1) is 18.4. The number of amides is 1. The lowest BCUT2D eigenvalue weighted by molar-refractivity contribution is 0.0604. The van der Waals surface area contributed by atoms with Gasteiger partial charge in [-0.05, 0) is 70.3 Å². The van der Waals surface area contributed by atoms with Gasteiger partial charge in [-0.3, -0.25) is 4.79 Å². The van der Waals surface area contributed by atoms with Gasteiger partial charge in [0.1, 0.15) is 11.9 Å². The van der Waals surface area contributed by atoms with Crippen LogP contribution in [0.3, 0.4) is 0 Å². The van der Waals surface area contributed by atoms with E-state index in [9.17, 15) is 9.59 Å². The zero-order chi connectivity index (χ0) is 17.6. The maximum Gasteiger partial charge on any atom is 0.433 e. The van der Waals surface area contributed by atoms with Crippen molar-refractivity contribution in [3.63, 3.8) is 0 Å². The lowest BCUT2D eigenvalue weighted by atomic mass is 9.80. The quantitative estimate of drug-likeness (QED) is 0.586. The van der Waals surface area contributed by atoms with Crippen molar-refractivity contribution in [2.45, 2.75) is 58.5 Å². The van der Waals surface area contributed by atoms with Crippen molar-refractivity contribution in [2.75, 3.05) is 0 Å². The Hall–Kier alpha value is -1.97. The van der Waals surface area contributed by atoms with Crippen molar-refractivity contribution in [3.05, 3.63) is 35.4 Å². The molecule has 1 aromatic carbocycles. The van der Waals surface area contributed by atoms with Crippen LogP contribution in [-0.2, 0) is 11.2 Å². The molecule has 1 aromatic rings. The third-order valence-electron chi connectivity index (χ3n) is 4.32. The molecule has 1 fully saturated rings. The van der Waals surface area contributed by atoms with E-state index in [1.807, 2.05) is 45.0 Å². The Balaban J connectivity index is 1.76. The standard InChI is InChI=1S/C20H27NO3/c1-20(2,3)24-19(23)21-13-17-8-4-15(5-9-17)12-16-6-10-18(14-22)11-7-16/h6-7,10-11,13-15,17H,4-5,8-9,12H2,1-3H3. The molecule has 0 heterocycles. The number of carbonyl (C=O) groups excluding carboxylic acids is 2. The number of aldehydes is 1. The summed E-state index contributed by atoms with van der Waals surface area (Å²) in [6.07, 6.45) is 7.59. The molecule has 0 bridgehead atoms. The number of nitrogens with zero attached hydrogens (tertiary/aromatic N) is 1. The van der Waals surface area contributed by atoms with Crippen molar-refractivity contribution >= 4 is 18.6 Å². The van der Waals surface area contributed by atoms with E-state index in [1.165, 1.54) is 5.56 Å². The van der Waals surface area contributed by atoms with Crippen LogP contribution >= 0.6 is 0 Å². The lowest BCUT2D eigenvalue weighted by Gasteiger charge is -2.26. The number of hydrogen-bond donors (Lipinski definition) is 0. The second-order valence-electron chi connectivity index (χ2n) is 7.60. The van der Waals surface area contributed by atoms with Crippen molar-refractivity contribution in [3.8, 4) is 0 Å². The highest BCUT2D eigenvalue weighted by atomic mass is 16.6. The molecule has 1 saturated carbocycles. The Kier molecular flexibility index (Phi) is 6.29. The fraction of sp³-hybridized carbons (Fsp3) is 0.550. The summed E-state index contributed by atoms with van der Waals surface area (Å²) in [5, 5.41) is 0. The number of ether oxygens (including phenoxy) is 1. The third-order valence-corrected chi connectivity index (χ3v) is 4.32. The van der Waals surface area contributed by atoms with Crippen LogP contribution in [0.4, 0.5) is 4.79 Å². The van der Waals surface area contributed by atoms with Gasteiger partial charge in [0.15, 0.2) is 0 Å². The smallest absolute Gasteiger partial charge is 0.433 e. The second-order valence-corrected chi connectivity index (χ2v) is 7.60. The predicted molar refractivity (Wildman–Crippen MR) is 95.7 cm³/mol. The van der Waals surface area contributed by atoms with E-state index in [0.29, 0.717) is 11.8 Å². The molecule has 0 aromatic heterocycles. The van der Waals surface area contributed by atoms with Gasteiger partial charge in [0, 0.05) is 11.8 Å². The van der Waals surface area contributed by atoms with Gasteiger partial charge in [-0.25, -0.2) is 4.79 Å². The van der Waals surface area contributed by atoms with Crippen molar-refractivity contribution in [2.24, 2.45) is 16.8 Å². The van der Waals surface area contributed by atoms with E-state index >= 15 is 0 Å². The fourth-order valence-corrected chi connectivity index (χ4v) is 3.06. The minimum Gasteiger partial charge on any atom is -0.442 e. The van der Waals surface area contributed by atoms with Crippen molar-refractivity contribution in [1.82, 2.24) is 0 Å². The molecule has 4 heteroatoms. The zero-order valence-electron chi connectivity index (χ0n) is 14.8. The van der Waals surface area contributed by atoms with Gasteiger partial charge in [0.25, 0.3) is 0 Å². The third kappa shape index (κ3) is 6.26. The van der Waals surface area contributed by atoms with Gasteiger partial charge >= 0.3 is 6.09 Å². The van der Waals surface area contributed by atoms with E-state index in [0.717, 1.165) is 44.0 Å². The highest BCUT2D eigenvalue weighted by molar-refractivity contribution is 5.80. The molecule has 0 unspecified atom stereocenters. The predicted octanol–water partition coefficient (Wildman–Crippen LogP) is 4.85. The number of benzene rings is 1. The number of carbonyl (C=O) groups is 2. The van der Waals surface area contributed by atoms with Crippen LogP contribution in [0.25, 0.3) is 0 Å². The van der Waals surface area contributed by atoms with Crippen molar-refractivity contribution in [1.29, 1.82) is 0 Å². The Labute approximate surface area is 144 Å². The first-order valence-corrected chi connectivity index (χ1v) is 8.67. The van der Waals surface area contributed by atoms with Gasteiger partial charge in [-0.15, -0.1) is 0 Å². The van der Waals surface area contributed by atoms with Crippen LogP contribution < -0.4 is 0 Å². The molecule has 130 valence electrons. The summed E-state index contributed by atoms with van der Waals surface area (Å²) in [5.74, 6) is 1.03. The number of hydrogen-bond acceptors (Lipinski definition) is 3. The van der Waals surface area contributed by atoms with E-state index < -0.39 is 11.7 Å². The van der Waals surface area contributed by atoms with Crippen LogP contribution in [-0.4, -0.2) is 24.2 Å². The van der Waals surface area contributed by atoms with Gasteiger partial charge in [0.2, 0.25) is 0 Å². The van der Waals surface area contributed by atoms with Crippen LogP contribution in [0, 0.1) is 11.8 Å². The van der Waals surface area contributed by atoms with Crippen LogP contribution in [0.5, 0.6) is 0 Å². The summed E-state index contributed by atoms with van der Waals surface area (Å²) in [6.45, 7) is 5.52. The number of aliphatic imine (C=N–C) groups is 1. The Morgan fingerprint density at radius 2 is 1.79 bits per heavy atom. The molecule has 1 amide bonds. The molecule has 1 aliphatic carbocycles. The fourth-order valence-electron chi connectivity index (χ4n) is 3.06. The monoisotopic (exact) mass is 329 g/mol. The largest absolute Gasteiger partial charge is 0.442 e. The molecule has 1 aliphatic rings. The van der Waals surface area contributed by atoms with Crippen LogP contribution in [0.2, 0.25) is 0 Å². The lowest BCUT2D eigenvalue weighted by Crippen LogP contribution is -2.22. The summed E-state index contributed by atoms with van der Waals surface area (Å²) >= 11 is 0. The molecular formula is C20H27NO3. The van der Waals surface area contributed by atoms with E-state index in [-0.39, 0.29) is 0 Å². The Morgan fingerprint density at radius 3 is 2.33 bits per heavy atom. The van der Waals surface area contributed by atoms with Gasteiger partial charge in [0.05, 0.1) is 0 Å². The normalized spacial score (nSPS) is 21.6. The summed E-state index contributed by atoms with van der Waals surface area (Å²) in [6, 6.07) is 7.84. The highest BCUT2D eigenvalue weighted by Gasteiger charge is 2.21. The summed E-state index contributed by atoms with van der Waals surface area (Å²) in [7, 11) is 0. The Morgan fingerprint density at radius 1 is 1.17 bits per heavy atom. The summed E-state index contributed by atoms with van der Waals surface area (Å²) in [5.41, 5.74) is 1.51. The molecule has 0 N–H and O–H groups in total. The van der Waals surface area contributed by atoms with Crippen molar-refractivity contribution < 1.29 is 14.3 Å². The second kappa shape index (κ2) is 8.22. The molecule has 0 spiro atoms. The molecular weight excluding hydrogens is 302 g/mol. The number of rotatable bonds is 4. The van der Waals surface area contributed by atoms with E-state index in [2.05, 4.69) is 4.99 Å². The van der Waals surface area contributed by atoms with Gasteiger partial charge in [-0.2, -0.15) is 4.99 Å². The average molecular weight is 329 g/mol. The molecule has 0 atom stereocenters. The SMILES string of the molecule is CC(C)(C)OC(=O)N=CC1CCC(Cc2ccc(C=O)cc2)CC1. The summed E-state index contributed by atoms with van der Waals surface area (Å²) < 4.78 is 5.19. The average Bonchev–Trinajstić information content (AvgIpc) is 2.53. The Bertz CT molecular complexity index is 576. The summed E-state index contributed by atoms with van der Waals surface area (Å²) in [4.78, 5) is 26.2. The molecule has 24 heavy (non-hydrogen) atoms. The zero-order valence-corrected chi connectivity index (χ0v) is 14.8. The van der Waals surface area contributed by atoms with Crippen LogP contribution in [0.15, 0.2) is 29.3 Å². The van der Waals surface area contributed by atoms with E-state index in [1.54, 1.807) is 6.21 Å². The minimum absolute atomic E-state index is 0.367. The van der Waals surface area contributed by atoms with Gasteiger partial charge in [-0.1, -0.05) is 24.3 Å².